The molecular formula is C22H29N5O. The number of para-hydroxylation sites is 1. The highest BCUT2D eigenvalue weighted by molar-refractivity contribution is 5.41. The van der Waals surface area contributed by atoms with Crippen LogP contribution in [0.15, 0.2) is 30.3 Å². The van der Waals surface area contributed by atoms with E-state index in [2.05, 4.69) is 58.8 Å². The molecule has 1 atom stereocenters. The molecule has 0 fully saturated rings. The molecule has 1 unspecified atom stereocenters. The van der Waals surface area contributed by atoms with Crippen molar-refractivity contribution in [3.05, 3.63) is 64.4 Å². The second-order valence-corrected chi connectivity index (χ2v) is 7.27. The normalized spacial score (nSPS) is 12.1. The number of hydrogen-bond acceptors (Lipinski definition) is 5. The third-order valence-corrected chi connectivity index (χ3v) is 5.21. The molecule has 2 aromatic heterocycles. The number of rotatable bonds is 7. The number of hydrogen-bond donors (Lipinski definition) is 1. The fraction of sp³-hybridized carbons (Fsp3) is 0.409. The molecule has 0 saturated heterocycles. The summed E-state index contributed by atoms with van der Waals surface area (Å²) in [5.74, 6) is 2.68. The second kappa shape index (κ2) is 8.42. The molecule has 0 radical (unpaired) electrons. The molecule has 0 bridgehead atoms. The summed E-state index contributed by atoms with van der Waals surface area (Å²) < 4.78 is 7.50. The van der Waals surface area contributed by atoms with E-state index in [1.807, 2.05) is 31.2 Å². The van der Waals surface area contributed by atoms with E-state index in [4.69, 9.17) is 4.74 Å². The van der Waals surface area contributed by atoms with E-state index in [1.54, 1.807) is 7.11 Å². The lowest BCUT2D eigenvalue weighted by molar-refractivity contribution is 0.410. The van der Waals surface area contributed by atoms with Gasteiger partial charge < -0.3 is 10.1 Å². The Morgan fingerprint density at radius 2 is 1.86 bits per heavy atom. The average molecular weight is 380 g/mol. The number of aryl methyl sites for hydroxylation is 2. The third-order valence-electron chi connectivity index (χ3n) is 5.21. The van der Waals surface area contributed by atoms with E-state index >= 15 is 0 Å². The lowest BCUT2D eigenvalue weighted by Gasteiger charge is -2.15. The minimum Gasteiger partial charge on any atom is -0.496 e. The predicted molar refractivity (Wildman–Crippen MR) is 112 cm³/mol. The Morgan fingerprint density at radius 3 is 2.54 bits per heavy atom. The number of benzene rings is 1. The number of nitrogens with one attached hydrogen (secondary N) is 1. The smallest absolute Gasteiger partial charge is 0.130 e. The van der Waals surface area contributed by atoms with Gasteiger partial charge in [0.25, 0.3) is 0 Å². The molecule has 6 heteroatoms. The molecule has 2 heterocycles. The molecule has 0 aliphatic rings. The molecule has 1 aromatic carbocycles. The molecule has 0 aliphatic heterocycles. The van der Waals surface area contributed by atoms with Gasteiger partial charge in [0.1, 0.15) is 17.4 Å². The van der Waals surface area contributed by atoms with E-state index < -0.39 is 0 Å². The molecule has 6 nitrogen and oxygen atoms in total. The van der Waals surface area contributed by atoms with Crippen molar-refractivity contribution in [2.24, 2.45) is 0 Å². The molecule has 3 aromatic rings. The van der Waals surface area contributed by atoms with Gasteiger partial charge in [0, 0.05) is 36.3 Å². The van der Waals surface area contributed by atoms with Gasteiger partial charge in [0.15, 0.2) is 0 Å². The van der Waals surface area contributed by atoms with E-state index in [9.17, 15) is 0 Å². The van der Waals surface area contributed by atoms with Gasteiger partial charge in [-0.25, -0.2) is 9.97 Å². The number of anilines is 1. The Balaban J connectivity index is 1.76. The van der Waals surface area contributed by atoms with Crippen molar-refractivity contribution < 1.29 is 4.74 Å². The standard InChI is InChI=1S/C22H29N5O/c1-14(13-27-17(4)15(2)16(3)26-27)20-11-22(25-18(5)24-20)23-12-19-9-7-8-10-21(19)28-6/h7-11,14H,12-13H2,1-6H3,(H,23,24,25). The van der Waals surface area contributed by atoms with Crippen molar-refractivity contribution >= 4 is 5.82 Å². The molecule has 1 N–H and O–H groups in total. The van der Waals surface area contributed by atoms with Gasteiger partial charge in [0.2, 0.25) is 0 Å². The van der Waals surface area contributed by atoms with Crippen LogP contribution < -0.4 is 10.1 Å². The van der Waals surface area contributed by atoms with Gasteiger partial charge in [-0.2, -0.15) is 5.10 Å². The summed E-state index contributed by atoms with van der Waals surface area (Å²) in [4.78, 5) is 9.20. The first kappa shape index (κ1) is 19.9. The average Bonchev–Trinajstić information content (AvgIpc) is 2.92. The zero-order valence-corrected chi connectivity index (χ0v) is 17.6. The largest absolute Gasteiger partial charge is 0.496 e. The molecule has 0 saturated carbocycles. The Kier molecular flexibility index (Phi) is 5.97. The Labute approximate surface area is 167 Å². The molecule has 3 rings (SSSR count). The molecule has 0 aliphatic carbocycles. The van der Waals surface area contributed by atoms with Crippen molar-refractivity contribution in [2.45, 2.75) is 53.6 Å². The van der Waals surface area contributed by atoms with Crippen LogP contribution in [-0.2, 0) is 13.1 Å². The Morgan fingerprint density at radius 1 is 1.11 bits per heavy atom. The van der Waals surface area contributed by atoms with Gasteiger partial charge >= 0.3 is 0 Å². The topological polar surface area (TPSA) is 64.9 Å². The maximum Gasteiger partial charge on any atom is 0.130 e. The fourth-order valence-electron chi connectivity index (χ4n) is 3.29. The molecule has 148 valence electrons. The first-order chi connectivity index (χ1) is 13.4. The van der Waals surface area contributed by atoms with Crippen molar-refractivity contribution in [3.63, 3.8) is 0 Å². The van der Waals surface area contributed by atoms with Crippen LogP contribution in [0.2, 0.25) is 0 Å². The second-order valence-electron chi connectivity index (χ2n) is 7.27. The van der Waals surface area contributed by atoms with Gasteiger partial charge in [0.05, 0.1) is 18.5 Å². The van der Waals surface area contributed by atoms with Gasteiger partial charge in [-0.1, -0.05) is 25.1 Å². The maximum absolute atomic E-state index is 5.43. The van der Waals surface area contributed by atoms with Gasteiger partial charge in [-0.15, -0.1) is 0 Å². The van der Waals surface area contributed by atoms with Gasteiger partial charge in [-0.05, 0) is 39.3 Å². The van der Waals surface area contributed by atoms with Crippen LogP contribution in [-0.4, -0.2) is 26.9 Å². The predicted octanol–water partition coefficient (Wildman–Crippen LogP) is 4.33. The summed E-state index contributed by atoms with van der Waals surface area (Å²) in [6, 6.07) is 10.0. The number of aromatic nitrogens is 4. The first-order valence-electron chi connectivity index (χ1n) is 9.61. The molecule has 0 amide bonds. The van der Waals surface area contributed by atoms with E-state index in [1.165, 1.54) is 11.3 Å². The summed E-state index contributed by atoms with van der Waals surface area (Å²) in [7, 11) is 1.69. The number of nitrogens with zero attached hydrogens (tertiary/aromatic N) is 4. The highest BCUT2D eigenvalue weighted by atomic mass is 16.5. The Hall–Kier alpha value is -2.89. The maximum atomic E-state index is 5.43. The number of methoxy groups -OCH3 is 1. The van der Waals surface area contributed by atoms with Gasteiger partial charge in [-0.3, -0.25) is 4.68 Å². The molecular weight excluding hydrogens is 350 g/mol. The van der Waals surface area contributed by atoms with Crippen LogP contribution in [0.3, 0.4) is 0 Å². The highest BCUT2D eigenvalue weighted by Gasteiger charge is 2.15. The summed E-state index contributed by atoms with van der Waals surface area (Å²) in [6.07, 6.45) is 0. The van der Waals surface area contributed by atoms with Crippen LogP contribution in [0.25, 0.3) is 0 Å². The number of ether oxygens (including phenoxy) is 1. The van der Waals surface area contributed by atoms with Crippen LogP contribution in [0.4, 0.5) is 5.82 Å². The van der Waals surface area contributed by atoms with E-state index in [0.29, 0.717) is 6.54 Å². The third kappa shape index (κ3) is 4.32. The highest BCUT2D eigenvalue weighted by Crippen LogP contribution is 2.22. The van der Waals surface area contributed by atoms with Crippen molar-refractivity contribution in [1.82, 2.24) is 19.7 Å². The lowest BCUT2D eigenvalue weighted by atomic mass is 10.1. The lowest BCUT2D eigenvalue weighted by Crippen LogP contribution is -2.13. The summed E-state index contributed by atoms with van der Waals surface area (Å²) in [5, 5.41) is 8.07. The minimum atomic E-state index is 0.228. The molecule has 28 heavy (non-hydrogen) atoms. The first-order valence-corrected chi connectivity index (χ1v) is 9.61. The van der Waals surface area contributed by atoms with Crippen molar-refractivity contribution in [2.75, 3.05) is 12.4 Å². The fourth-order valence-corrected chi connectivity index (χ4v) is 3.29. The van der Waals surface area contributed by atoms with Crippen LogP contribution >= 0.6 is 0 Å². The van der Waals surface area contributed by atoms with Crippen molar-refractivity contribution in [3.8, 4) is 5.75 Å². The van der Waals surface area contributed by atoms with Crippen LogP contribution in [0.5, 0.6) is 5.75 Å². The Bertz CT molecular complexity index is 964. The molecule has 0 spiro atoms. The SMILES string of the molecule is COc1ccccc1CNc1cc(C(C)Cn2nc(C)c(C)c2C)nc(C)n1. The monoisotopic (exact) mass is 379 g/mol. The van der Waals surface area contributed by atoms with Crippen LogP contribution in [0.1, 0.15) is 46.9 Å². The summed E-state index contributed by atoms with van der Waals surface area (Å²) in [5.41, 5.74) is 5.66. The van der Waals surface area contributed by atoms with E-state index in [0.717, 1.165) is 40.9 Å². The summed E-state index contributed by atoms with van der Waals surface area (Å²) >= 11 is 0. The zero-order valence-electron chi connectivity index (χ0n) is 17.6. The minimum absolute atomic E-state index is 0.228. The zero-order chi connectivity index (χ0) is 20.3. The summed E-state index contributed by atoms with van der Waals surface area (Å²) in [6.45, 7) is 11.8. The van der Waals surface area contributed by atoms with Crippen LogP contribution in [0, 0.1) is 27.7 Å². The van der Waals surface area contributed by atoms with E-state index in [-0.39, 0.29) is 5.92 Å². The quantitative estimate of drug-likeness (QED) is 0.662. The van der Waals surface area contributed by atoms with Crippen molar-refractivity contribution in [1.29, 1.82) is 0 Å².